The number of alkyl halides is 5. The van der Waals surface area contributed by atoms with Gasteiger partial charge in [-0.3, -0.25) is 0 Å². The van der Waals surface area contributed by atoms with E-state index in [1.54, 1.807) is 0 Å². The Morgan fingerprint density at radius 2 is 1.80 bits per heavy atom. The van der Waals surface area contributed by atoms with Crippen LogP contribution < -0.4 is 0 Å². The summed E-state index contributed by atoms with van der Waals surface area (Å²) in [4.78, 5) is 2.55. The molecule has 1 rings (SSSR count). The van der Waals surface area contributed by atoms with Crippen LogP contribution in [-0.2, 0) is 6.18 Å². The molecule has 0 bridgehead atoms. The number of hydrogen-bond acceptors (Lipinski definition) is 1. The number of halogens is 7. The van der Waals surface area contributed by atoms with E-state index >= 15 is 0 Å². The van der Waals surface area contributed by atoms with Gasteiger partial charge in [-0.15, -0.1) is 0 Å². The van der Waals surface area contributed by atoms with Crippen LogP contribution >= 0.6 is 11.6 Å². The number of nitrogens with zero attached hydrogens (tertiary/aromatic N) is 1. The van der Waals surface area contributed by atoms with Gasteiger partial charge in [-0.2, -0.15) is 13.2 Å². The van der Waals surface area contributed by atoms with Crippen LogP contribution in [0.4, 0.5) is 26.3 Å². The molecule has 1 aromatic heterocycles. The summed E-state index contributed by atoms with van der Waals surface area (Å²) >= 11 is 4.97. The fraction of sp³-hybridized carbons (Fsp3) is 0.286. The third kappa shape index (κ3) is 2.53. The molecular weight excluding hydrogens is 248 g/mol. The fourth-order valence-corrected chi connectivity index (χ4v) is 1.01. The van der Waals surface area contributed by atoms with E-state index in [4.69, 9.17) is 11.6 Å². The lowest BCUT2D eigenvalue weighted by Crippen LogP contribution is -2.13. The quantitative estimate of drug-likeness (QED) is 0.544. The number of hydrogen-bond donors (Lipinski definition) is 0. The van der Waals surface area contributed by atoms with Crippen LogP contribution in [0.2, 0.25) is 5.15 Å². The fourth-order valence-electron chi connectivity index (χ4n) is 0.874. The predicted molar refractivity (Wildman–Crippen MR) is 39.2 cm³/mol. The third-order valence-electron chi connectivity index (χ3n) is 1.47. The van der Waals surface area contributed by atoms with Crippen LogP contribution in [0.3, 0.4) is 0 Å². The lowest BCUT2D eigenvalue weighted by atomic mass is 10.2. The molecule has 0 saturated carbocycles. The minimum Gasteiger partial charge on any atom is -0.228 e. The summed E-state index contributed by atoms with van der Waals surface area (Å²) in [5.74, 6) is -1.42. The zero-order chi connectivity index (χ0) is 11.8. The molecule has 0 aromatic carbocycles. The SMILES string of the molecule is Fc1cc(C(F)F)c(C(F)(F)F)nc1Cl. The molecule has 0 aliphatic heterocycles. The van der Waals surface area contributed by atoms with Crippen molar-refractivity contribution in [2.45, 2.75) is 12.6 Å². The third-order valence-corrected chi connectivity index (χ3v) is 1.73. The largest absolute Gasteiger partial charge is 0.433 e. The molecule has 84 valence electrons. The summed E-state index contributed by atoms with van der Waals surface area (Å²) in [6.45, 7) is 0. The van der Waals surface area contributed by atoms with E-state index in [0.717, 1.165) is 0 Å². The molecule has 0 radical (unpaired) electrons. The van der Waals surface area contributed by atoms with E-state index in [1.165, 1.54) is 0 Å². The van der Waals surface area contributed by atoms with E-state index in [9.17, 15) is 26.3 Å². The zero-order valence-electron chi connectivity index (χ0n) is 6.75. The smallest absolute Gasteiger partial charge is 0.228 e. The average molecular weight is 250 g/mol. The van der Waals surface area contributed by atoms with E-state index in [0.29, 0.717) is 0 Å². The molecule has 0 aliphatic rings. The van der Waals surface area contributed by atoms with Crippen molar-refractivity contribution in [3.8, 4) is 0 Å². The van der Waals surface area contributed by atoms with Gasteiger partial charge < -0.3 is 0 Å². The Morgan fingerprint density at radius 1 is 1.27 bits per heavy atom. The normalized spacial score (nSPS) is 12.3. The van der Waals surface area contributed by atoms with Gasteiger partial charge in [0, 0.05) is 0 Å². The Bertz CT molecular complexity index is 374. The second-order valence-corrected chi connectivity index (χ2v) is 2.86. The summed E-state index contributed by atoms with van der Waals surface area (Å²) in [6.07, 6.45) is -8.57. The van der Waals surface area contributed by atoms with Gasteiger partial charge >= 0.3 is 6.18 Å². The second-order valence-electron chi connectivity index (χ2n) is 2.50. The molecule has 1 nitrogen and oxygen atoms in total. The highest BCUT2D eigenvalue weighted by molar-refractivity contribution is 6.29. The van der Waals surface area contributed by atoms with Crippen molar-refractivity contribution < 1.29 is 26.3 Å². The van der Waals surface area contributed by atoms with Crippen molar-refractivity contribution in [1.82, 2.24) is 4.98 Å². The van der Waals surface area contributed by atoms with Crippen molar-refractivity contribution in [1.29, 1.82) is 0 Å². The van der Waals surface area contributed by atoms with E-state index in [1.807, 2.05) is 0 Å². The van der Waals surface area contributed by atoms with Crippen molar-refractivity contribution >= 4 is 11.6 Å². The van der Waals surface area contributed by atoms with Gasteiger partial charge in [-0.25, -0.2) is 18.2 Å². The highest BCUT2D eigenvalue weighted by atomic mass is 35.5. The first-order valence-corrected chi connectivity index (χ1v) is 3.82. The van der Waals surface area contributed by atoms with Gasteiger partial charge in [0.05, 0.1) is 5.56 Å². The topological polar surface area (TPSA) is 12.9 Å². The van der Waals surface area contributed by atoms with E-state index < -0.39 is 34.8 Å². The van der Waals surface area contributed by atoms with Gasteiger partial charge in [0.15, 0.2) is 16.7 Å². The number of pyridine rings is 1. The Balaban J connectivity index is 3.42. The molecule has 8 heteroatoms. The molecule has 1 aromatic rings. The minimum absolute atomic E-state index is 0.0306. The van der Waals surface area contributed by atoms with Crippen LogP contribution in [0.5, 0.6) is 0 Å². The molecule has 0 N–H and O–H groups in total. The van der Waals surface area contributed by atoms with Gasteiger partial charge in [0.2, 0.25) is 0 Å². The summed E-state index contributed by atoms with van der Waals surface area (Å²) in [7, 11) is 0. The van der Waals surface area contributed by atoms with Gasteiger partial charge in [0.1, 0.15) is 0 Å². The first-order chi connectivity index (χ1) is 6.73. The highest BCUT2D eigenvalue weighted by Crippen LogP contribution is 2.36. The molecule has 15 heavy (non-hydrogen) atoms. The Kier molecular flexibility index (Phi) is 3.13. The Labute approximate surface area is 84.7 Å². The van der Waals surface area contributed by atoms with Crippen LogP contribution in [0, 0.1) is 5.82 Å². The maximum absolute atomic E-state index is 12.6. The summed E-state index contributed by atoms with van der Waals surface area (Å²) in [6, 6.07) is 0.0306. The van der Waals surface area contributed by atoms with Crippen molar-refractivity contribution in [3.05, 3.63) is 28.3 Å². The summed E-state index contributed by atoms with van der Waals surface area (Å²) in [5.41, 5.74) is -3.40. The molecule has 0 spiro atoms. The highest BCUT2D eigenvalue weighted by Gasteiger charge is 2.38. The maximum Gasteiger partial charge on any atom is 0.433 e. The molecule has 1 heterocycles. The maximum atomic E-state index is 12.6. The van der Waals surface area contributed by atoms with Crippen LogP contribution in [0.25, 0.3) is 0 Å². The van der Waals surface area contributed by atoms with Crippen molar-refractivity contribution in [3.63, 3.8) is 0 Å². The number of aromatic nitrogens is 1. The molecule has 0 unspecified atom stereocenters. The van der Waals surface area contributed by atoms with Gasteiger partial charge in [-0.1, -0.05) is 11.6 Å². The molecule has 0 amide bonds. The molecule has 0 atom stereocenters. The lowest BCUT2D eigenvalue weighted by molar-refractivity contribution is -0.143. The second kappa shape index (κ2) is 3.88. The molecule has 0 saturated heterocycles. The lowest BCUT2D eigenvalue weighted by Gasteiger charge is -2.11. The zero-order valence-corrected chi connectivity index (χ0v) is 7.50. The minimum atomic E-state index is -5.09. The first kappa shape index (κ1) is 12.1. The van der Waals surface area contributed by atoms with Crippen molar-refractivity contribution in [2.24, 2.45) is 0 Å². The number of rotatable bonds is 1. The van der Waals surface area contributed by atoms with Gasteiger partial charge in [-0.05, 0) is 6.07 Å². The molecule has 0 aliphatic carbocycles. The molecule has 0 fully saturated rings. The Hall–Kier alpha value is -0.980. The standard InChI is InChI=1S/C7H2ClF6N/c8-5-3(9)1-2(6(10)11)4(15-5)7(12,13)14/h1,6H. The average Bonchev–Trinajstić information content (AvgIpc) is 2.06. The van der Waals surface area contributed by atoms with Gasteiger partial charge in [0.25, 0.3) is 6.43 Å². The van der Waals surface area contributed by atoms with Crippen LogP contribution in [0.15, 0.2) is 6.07 Å². The van der Waals surface area contributed by atoms with Crippen LogP contribution in [0.1, 0.15) is 17.7 Å². The van der Waals surface area contributed by atoms with Crippen LogP contribution in [-0.4, -0.2) is 4.98 Å². The monoisotopic (exact) mass is 249 g/mol. The predicted octanol–water partition coefficient (Wildman–Crippen LogP) is 3.83. The van der Waals surface area contributed by atoms with E-state index in [-0.39, 0.29) is 6.07 Å². The summed E-state index contributed by atoms with van der Waals surface area (Å²) in [5, 5.41) is -1.09. The first-order valence-electron chi connectivity index (χ1n) is 3.44. The Morgan fingerprint density at radius 3 is 2.20 bits per heavy atom. The molecular formula is C7H2ClF6N. The van der Waals surface area contributed by atoms with Crippen molar-refractivity contribution in [2.75, 3.05) is 0 Å². The van der Waals surface area contributed by atoms with E-state index in [2.05, 4.69) is 4.98 Å². The summed E-state index contributed by atoms with van der Waals surface area (Å²) < 4.78 is 73.3.